The summed E-state index contributed by atoms with van der Waals surface area (Å²) in [4.78, 5) is 6.63. The second kappa shape index (κ2) is 7.75. The second-order valence-corrected chi connectivity index (χ2v) is 6.39. The van der Waals surface area contributed by atoms with E-state index in [1.54, 1.807) is 6.20 Å². The average molecular weight is 360 g/mol. The van der Waals surface area contributed by atoms with Crippen molar-refractivity contribution in [3.05, 3.63) is 59.4 Å². The number of pyridine rings is 1. The van der Waals surface area contributed by atoms with E-state index in [0.29, 0.717) is 5.69 Å². The molecule has 4 nitrogen and oxygen atoms in total. The monoisotopic (exact) mass is 360 g/mol. The van der Waals surface area contributed by atoms with Gasteiger partial charge in [-0.2, -0.15) is 18.4 Å². The fourth-order valence-electron chi connectivity index (χ4n) is 3.12. The number of nitriles is 1. The maximum Gasteiger partial charge on any atom is 0.416 e. The number of nitrogens with zero attached hydrogens (tertiary/aromatic N) is 3. The Morgan fingerprint density at radius 2 is 1.96 bits per heavy atom. The Kier molecular flexibility index (Phi) is 5.43. The number of aromatic nitrogens is 1. The van der Waals surface area contributed by atoms with Crippen LogP contribution in [0.2, 0.25) is 0 Å². The van der Waals surface area contributed by atoms with Crippen LogP contribution in [0.15, 0.2) is 42.6 Å². The third-order valence-corrected chi connectivity index (χ3v) is 4.53. The lowest BCUT2D eigenvalue weighted by molar-refractivity contribution is -0.137. The summed E-state index contributed by atoms with van der Waals surface area (Å²) in [6.45, 7) is 2.53. The van der Waals surface area contributed by atoms with Gasteiger partial charge in [-0.1, -0.05) is 6.07 Å². The zero-order valence-corrected chi connectivity index (χ0v) is 14.1. The molecule has 3 rings (SSSR count). The first-order chi connectivity index (χ1) is 12.5. The van der Waals surface area contributed by atoms with Crippen molar-refractivity contribution < 1.29 is 13.2 Å². The largest absolute Gasteiger partial charge is 0.416 e. The molecule has 1 fully saturated rings. The lowest BCUT2D eigenvalue weighted by atomic mass is 10.0. The van der Waals surface area contributed by atoms with Crippen LogP contribution in [0.1, 0.15) is 29.7 Å². The molecule has 1 aliphatic rings. The fraction of sp³-hybridized carbons (Fsp3) is 0.368. The van der Waals surface area contributed by atoms with Crippen molar-refractivity contribution >= 4 is 5.69 Å². The van der Waals surface area contributed by atoms with Gasteiger partial charge < -0.3 is 5.32 Å². The molecule has 0 saturated carbocycles. The molecular formula is C19H19F3N4. The number of hydrogen-bond acceptors (Lipinski definition) is 4. The second-order valence-electron chi connectivity index (χ2n) is 6.39. The Hall–Kier alpha value is -2.59. The van der Waals surface area contributed by atoms with E-state index in [4.69, 9.17) is 0 Å². The predicted octanol–water partition coefficient (Wildman–Crippen LogP) is 4.05. The summed E-state index contributed by atoms with van der Waals surface area (Å²) in [5.41, 5.74) is 0.706. The van der Waals surface area contributed by atoms with Crippen molar-refractivity contribution in [1.82, 2.24) is 9.88 Å². The Labute approximate surface area is 150 Å². The van der Waals surface area contributed by atoms with Gasteiger partial charge in [0.15, 0.2) is 0 Å². The SMILES string of the molecule is N#Cc1cc(C(F)(F)F)ccc1NC1CCN(Cc2ccccn2)CC1. The van der Waals surface area contributed by atoms with Gasteiger partial charge in [0.2, 0.25) is 0 Å². The molecule has 2 heterocycles. The summed E-state index contributed by atoms with van der Waals surface area (Å²) in [6, 6.07) is 11.1. The quantitative estimate of drug-likeness (QED) is 0.894. The van der Waals surface area contributed by atoms with E-state index in [1.807, 2.05) is 24.3 Å². The summed E-state index contributed by atoms with van der Waals surface area (Å²) >= 11 is 0. The van der Waals surface area contributed by atoms with Gasteiger partial charge in [-0.05, 0) is 43.2 Å². The molecule has 1 saturated heterocycles. The molecule has 1 aromatic carbocycles. The summed E-state index contributed by atoms with van der Waals surface area (Å²) in [6.07, 6.45) is -0.948. The van der Waals surface area contributed by atoms with Gasteiger partial charge in [-0.15, -0.1) is 0 Å². The van der Waals surface area contributed by atoms with E-state index in [9.17, 15) is 18.4 Å². The minimum atomic E-state index is -4.44. The maximum absolute atomic E-state index is 12.8. The molecule has 7 heteroatoms. The number of halogens is 3. The fourth-order valence-corrected chi connectivity index (χ4v) is 3.12. The number of alkyl halides is 3. The van der Waals surface area contributed by atoms with Gasteiger partial charge in [-0.25, -0.2) is 0 Å². The van der Waals surface area contributed by atoms with E-state index in [1.165, 1.54) is 6.07 Å². The van der Waals surface area contributed by atoms with Gasteiger partial charge in [-0.3, -0.25) is 9.88 Å². The van der Waals surface area contributed by atoms with Crippen LogP contribution in [0, 0.1) is 11.3 Å². The molecule has 0 spiro atoms. The minimum Gasteiger partial charge on any atom is -0.381 e. The molecule has 1 aromatic heterocycles. The Balaban J connectivity index is 1.58. The van der Waals surface area contributed by atoms with E-state index >= 15 is 0 Å². The normalized spacial score (nSPS) is 16.2. The zero-order valence-electron chi connectivity index (χ0n) is 14.1. The molecule has 26 heavy (non-hydrogen) atoms. The summed E-state index contributed by atoms with van der Waals surface area (Å²) in [7, 11) is 0. The van der Waals surface area contributed by atoms with Gasteiger partial charge in [0.05, 0.1) is 22.5 Å². The Morgan fingerprint density at radius 1 is 1.19 bits per heavy atom. The van der Waals surface area contributed by atoms with Crippen LogP contribution in [0.25, 0.3) is 0 Å². The van der Waals surface area contributed by atoms with Crippen molar-refractivity contribution in [1.29, 1.82) is 5.26 Å². The van der Waals surface area contributed by atoms with E-state index < -0.39 is 11.7 Å². The number of anilines is 1. The lowest BCUT2D eigenvalue weighted by Gasteiger charge is -2.32. The van der Waals surface area contributed by atoms with E-state index in [-0.39, 0.29) is 11.6 Å². The van der Waals surface area contributed by atoms with Crippen molar-refractivity contribution in [2.24, 2.45) is 0 Å². The number of rotatable bonds is 4. The van der Waals surface area contributed by atoms with Gasteiger partial charge in [0.25, 0.3) is 0 Å². The highest BCUT2D eigenvalue weighted by Gasteiger charge is 2.31. The van der Waals surface area contributed by atoms with Crippen LogP contribution >= 0.6 is 0 Å². The highest BCUT2D eigenvalue weighted by Crippen LogP contribution is 2.32. The Morgan fingerprint density at radius 3 is 2.58 bits per heavy atom. The van der Waals surface area contributed by atoms with Crippen molar-refractivity contribution in [3.8, 4) is 6.07 Å². The molecule has 0 aliphatic carbocycles. The predicted molar refractivity (Wildman–Crippen MR) is 92.3 cm³/mol. The molecule has 0 bridgehead atoms. The molecule has 0 atom stereocenters. The zero-order chi connectivity index (χ0) is 18.6. The number of hydrogen-bond donors (Lipinski definition) is 1. The van der Waals surface area contributed by atoms with Crippen LogP contribution in [0.3, 0.4) is 0 Å². The first-order valence-electron chi connectivity index (χ1n) is 8.46. The van der Waals surface area contributed by atoms with Crippen LogP contribution < -0.4 is 5.32 Å². The highest BCUT2D eigenvalue weighted by molar-refractivity contribution is 5.59. The van der Waals surface area contributed by atoms with E-state index in [2.05, 4.69) is 15.2 Å². The van der Waals surface area contributed by atoms with Gasteiger partial charge in [0.1, 0.15) is 6.07 Å². The van der Waals surface area contributed by atoms with Crippen molar-refractivity contribution in [3.63, 3.8) is 0 Å². The maximum atomic E-state index is 12.8. The first-order valence-corrected chi connectivity index (χ1v) is 8.46. The van der Waals surface area contributed by atoms with Crippen molar-refractivity contribution in [2.75, 3.05) is 18.4 Å². The molecule has 1 N–H and O–H groups in total. The standard InChI is InChI=1S/C19H19F3N4/c20-19(21,22)15-4-5-18(14(11-15)12-23)25-16-6-9-26(10-7-16)13-17-3-1-2-8-24-17/h1-5,8,11,16,25H,6-7,9-10,13H2. The molecule has 0 radical (unpaired) electrons. The number of benzene rings is 1. The third-order valence-electron chi connectivity index (χ3n) is 4.53. The lowest BCUT2D eigenvalue weighted by Crippen LogP contribution is -2.38. The molecule has 136 valence electrons. The van der Waals surface area contributed by atoms with Crippen LogP contribution in [0.4, 0.5) is 18.9 Å². The molecule has 1 aliphatic heterocycles. The summed E-state index contributed by atoms with van der Waals surface area (Å²) in [5, 5.41) is 12.4. The molecule has 0 unspecified atom stereocenters. The first kappa shape index (κ1) is 18.2. The topological polar surface area (TPSA) is 52.0 Å². The summed E-state index contributed by atoms with van der Waals surface area (Å²) < 4.78 is 38.3. The molecule has 0 amide bonds. The number of likely N-dealkylation sites (tertiary alicyclic amines) is 1. The van der Waals surface area contributed by atoms with Crippen LogP contribution in [-0.2, 0) is 12.7 Å². The Bertz CT molecular complexity index is 776. The van der Waals surface area contributed by atoms with E-state index in [0.717, 1.165) is 50.3 Å². The smallest absolute Gasteiger partial charge is 0.381 e. The average Bonchev–Trinajstić information content (AvgIpc) is 2.63. The summed E-state index contributed by atoms with van der Waals surface area (Å²) in [5.74, 6) is 0. The minimum absolute atomic E-state index is 0.0238. The van der Waals surface area contributed by atoms with Gasteiger partial charge >= 0.3 is 6.18 Å². The third kappa shape index (κ3) is 4.52. The number of piperidine rings is 1. The molecule has 2 aromatic rings. The van der Waals surface area contributed by atoms with Crippen LogP contribution in [0.5, 0.6) is 0 Å². The van der Waals surface area contributed by atoms with Gasteiger partial charge in [0, 0.05) is 31.9 Å². The highest BCUT2D eigenvalue weighted by atomic mass is 19.4. The molecular weight excluding hydrogens is 341 g/mol. The number of nitrogens with one attached hydrogen (secondary N) is 1. The van der Waals surface area contributed by atoms with Crippen LogP contribution in [-0.4, -0.2) is 29.0 Å². The van der Waals surface area contributed by atoms with Crippen molar-refractivity contribution in [2.45, 2.75) is 31.6 Å².